The average Bonchev–Trinajstić information content (AvgIpc) is 3.24. The van der Waals surface area contributed by atoms with Gasteiger partial charge in [0.05, 0.1) is 17.0 Å². The van der Waals surface area contributed by atoms with Crippen LogP contribution < -0.4 is 10.6 Å². The molecular weight excluding hydrogens is 384 g/mol. The number of rotatable bonds is 5. The molecule has 0 spiro atoms. The number of nitrogens with zero attached hydrogens (tertiary/aromatic N) is 4. The number of hydrogen-bond donors (Lipinski definition) is 2. The smallest absolute Gasteiger partial charge is 0.341 e. The predicted octanol–water partition coefficient (Wildman–Crippen LogP) is 1.59. The molecule has 0 aliphatic rings. The van der Waals surface area contributed by atoms with Gasteiger partial charge in [0.2, 0.25) is 5.82 Å². The Morgan fingerprint density at radius 3 is 2.64 bits per heavy atom. The van der Waals surface area contributed by atoms with Gasteiger partial charge in [0, 0.05) is 18.9 Å². The van der Waals surface area contributed by atoms with Crippen molar-refractivity contribution in [1.29, 1.82) is 0 Å². The molecule has 0 aliphatic heterocycles. The number of ether oxygens (including phenoxy) is 1. The number of amides is 2. The van der Waals surface area contributed by atoms with Gasteiger partial charge in [-0.15, -0.1) is 16.4 Å². The zero-order valence-corrected chi connectivity index (χ0v) is 16.5. The van der Waals surface area contributed by atoms with E-state index in [1.165, 1.54) is 11.6 Å². The Bertz CT molecular complexity index is 1090. The first-order valence-corrected chi connectivity index (χ1v) is 9.21. The molecule has 0 saturated heterocycles. The van der Waals surface area contributed by atoms with Crippen LogP contribution in [0.25, 0.3) is 5.78 Å². The minimum absolute atomic E-state index is 0.107. The summed E-state index contributed by atoms with van der Waals surface area (Å²) in [6.45, 7) is 5.27. The van der Waals surface area contributed by atoms with E-state index in [0.717, 1.165) is 17.0 Å². The maximum atomic E-state index is 12.7. The fourth-order valence-corrected chi connectivity index (χ4v) is 3.68. The molecule has 0 bridgehead atoms. The highest BCUT2D eigenvalue weighted by molar-refractivity contribution is 7.18. The summed E-state index contributed by atoms with van der Waals surface area (Å²) in [4.78, 5) is 45.6. The molecular formula is C17H18N6O4S. The molecule has 28 heavy (non-hydrogen) atoms. The number of anilines is 1. The molecule has 0 atom stereocenters. The van der Waals surface area contributed by atoms with Crippen molar-refractivity contribution in [3.05, 3.63) is 39.8 Å². The molecule has 3 rings (SSSR count). The summed E-state index contributed by atoms with van der Waals surface area (Å²) >= 11 is 0.983. The molecule has 0 unspecified atom stereocenters. The van der Waals surface area contributed by atoms with E-state index in [1.807, 2.05) is 6.92 Å². The number of carbonyl (C=O) groups is 3. The van der Waals surface area contributed by atoms with Crippen molar-refractivity contribution in [3.8, 4) is 0 Å². The molecule has 0 fully saturated rings. The summed E-state index contributed by atoms with van der Waals surface area (Å²) in [5.74, 6) is -1.44. The third-order valence-corrected chi connectivity index (χ3v) is 5.13. The van der Waals surface area contributed by atoms with E-state index in [1.54, 1.807) is 26.1 Å². The van der Waals surface area contributed by atoms with Crippen molar-refractivity contribution in [3.63, 3.8) is 0 Å². The van der Waals surface area contributed by atoms with Gasteiger partial charge in [-0.25, -0.2) is 14.3 Å². The molecule has 0 aromatic carbocycles. The Morgan fingerprint density at radius 2 is 2.00 bits per heavy atom. The number of fused-ring (bicyclic) bond motifs is 1. The zero-order valence-electron chi connectivity index (χ0n) is 15.7. The number of thiophene rings is 1. The Labute approximate surface area is 163 Å². The van der Waals surface area contributed by atoms with Gasteiger partial charge >= 0.3 is 5.97 Å². The number of carbonyl (C=O) groups excluding carboxylic acids is 3. The molecule has 0 radical (unpaired) electrons. The first kappa shape index (κ1) is 19.4. The second-order valence-corrected chi connectivity index (χ2v) is 6.77. The fraction of sp³-hybridized carbons (Fsp3) is 0.294. The van der Waals surface area contributed by atoms with Crippen molar-refractivity contribution in [2.75, 3.05) is 19.0 Å². The first-order chi connectivity index (χ1) is 13.4. The van der Waals surface area contributed by atoms with E-state index >= 15 is 0 Å². The van der Waals surface area contributed by atoms with Crippen LogP contribution in [0.1, 0.15) is 48.8 Å². The van der Waals surface area contributed by atoms with E-state index in [2.05, 4.69) is 25.7 Å². The SMILES string of the molecule is CCOC(=O)c1c(NC(=O)c2nc3nccc(C)n3n2)sc(C(=O)NC)c1C. The second-order valence-electron chi connectivity index (χ2n) is 5.75. The van der Waals surface area contributed by atoms with Gasteiger partial charge in [-0.3, -0.25) is 9.59 Å². The molecule has 0 saturated carbocycles. The van der Waals surface area contributed by atoms with E-state index in [0.29, 0.717) is 10.4 Å². The van der Waals surface area contributed by atoms with Gasteiger partial charge in [-0.2, -0.15) is 4.98 Å². The first-order valence-electron chi connectivity index (χ1n) is 8.39. The highest BCUT2D eigenvalue weighted by Crippen LogP contribution is 2.34. The fourth-order valence-electron chi connectivity index (χ4n) is 2.54. The van der Waals surface area contributed by atoms with Gasteiger partial charge in [0.1, 0.15) is 5.00 Å². The largest absolute Gasteiger partial charge is 0.462 e. The zero-order chi connectivity index (χ0) is 20.4. The number of esters is 1. The monoisotopic (exact) mass is 402 g/mol. The van der Waals surface area contributed by atoms with Crippen LogP contribution in [0.4, 0.5) is 5.00 Å². The van der Waals surface area contributed by atoms with Gasteiger partial charge < -0.3 is 15.4 Å². The van der Waals surface area contributed by atoms with Crippen LogP contribution in [0.3, 0.4) is 0 Å². The van der Waals surface area contributed by atoms with Crippen LogP contribution in [0.5, 0.6) is 0 Å². The minimum atomic E-state index is -0.625. The van der Waals surface area contributed by atoms with Crippen molar-refractivity contribution < 1.29 is 19.1 Å². The van der Waals surface area contributed by atoms with Crippen LogP contribution in [0.2, 0.25) is 0 Å². The lowest BCUT2D eigenvalue weighted by Crippen LogP contribution is -2.18. The van der Waals surface area contributed by atoms with Crippen LogP contribution in [0.15, 0.2) is 12.3 Å². The lowest BCUT2D eigenvalue weighted by molar-refractivity contribution is 0.0527. The molecule has 11 heteroatoms. The minimum Gasteiger partial charge on any atom is -0.462 e. The summed E-state index contributed by atoms with van der Waals surface area (Å²) < 4.78 is 6.51. The molecule has 3 aromatic rings. The molecule has 0 aliphatic carbocycles. The van der Waals surface area contributed by atoms with E-state index in [-0.39, 0.29) is 34.7 Å². The standard InChI is InChI=1S/C17H18N6O4S/c1-5-27-16(26)10-9(3)11(13(24)18-4)28-15(10)21-14(25)12-20-17-19-7-6-8(2)23(17)22-12/h6-7H,5H2,1-4H3,(H,18,24)(H,21,25). The maximum absolute atomic E-state index is 12.7. The third kappa shape index (κ3) is 3.43. The Balaban J connectivity index is 1.99. The molecule has 2 amide bonds. The van der Waals surface area contributed by atoms with Crippen molar-refractivity contribution in [2.24, 2.45) is 0 Å². The van der Waals surface area contributed by atoms with Crippen molar-refractivity contribution in [1.82, 2.24) is 24.9 Å². The van der Waals surface area contributed by atoms with E-state index < -0.39 is 11.9 Å². The molecule has 3 heterocycles. The molecule has 3 aromatic heterocycles. The van der Waals surface area contributed by atoms with Gasteiger partial charge in [0.15, 0.2) is 0 Å². The molecule has 146 valence electrons. The summed E-state index contributed by atoms with van der Waals surface area (Å²) in [7, 11) is 1.49. The number of nitrogens with one attached hydrogen (secondary N) is 2. The lowest BCUT2D eigenvalue weighted by Gasteiger charge is -2.05. The number of aryl methyl sites for hydroxylation is 1. The number of aromatic nitrogens is 4. The highest BCUT2D eigenvalue weighted by Gasteiger charge is 2.27. The Hall–Kier alpha value is -3.34. The lowest BCUT2D eigenvalue weighted by atomic mass is 10.1. The Kier molecular flexibility index (Phi) is 5.36. The normalized spacial score (nSPS) is 10.7. The van der Waals surface area contributed by atoms with Crippen LogP contribution in [0, 0.1) is 13.8 Å². The van der Waals surface area contributed by atoms with E-state index in [4.69, 9.17) is 4.74 Å². The van der Waals surface area contributed by atoms with Crippen LogP contribution in [-0.4, -0.2) is 51.0 Å². The maximum Gasteiger partial charge on any atom is 0.341 e. The third-order valence-electron chi connectivity index (χ3n) is 3.92. The molecule has 2 N–H and O–H groups in total. The summed E-state index contributed by atoms with van der Waals surface area (Å²) in [6, 6.07) is 1.74. The van der Waals surface area contributed by atoms with Gasteiger partial charge in [0.25, 0.3) is 17.6 Å². The topological polar surface area (TPSA) is 128 Å². The van der Waals surface area contributed by atoms with E-state index in [9.17, 15) is 14.4 Å². The van der Waals surface area contributed by atoms with Crippen molar-refractivity contribution in [2.45, 2.75) is 20.8 Å². The number of hydrogen-bond acceptors (Lipinski definition) is 8. The predicted molar refractivity (Wildman–Crippen MR) is 102 cm³/mol. The van der Waals surface area contributed by atoms with Gasteiger partial charge in [-0.05, 0) is 32.4 Å². The second kappa shape index (κ2) is 7.72. The highest BCUT2D eigenvalue weighted by atomic mass is 32.1. The quantitative estimate of drug-likeness (QED) is 0.620. The van der Waals surface area contributed by atoms with Crippen LogP contribution in [-0.2, 0) is 4.74 Å². The summed E-state index contributed by atoms with van der Waals surface area (Å²) in [5, 5.41) is 9.47. The van der Waals surface area contributed by atoms with Gasteiger partial charge in [-0.1, -0.05) is 0 Å². The Morgan fingerprint density at radius 1 is 1.25 bits per heavy atom. The van der Waals surface area contributed by atoms with Crippen LogP contribution >= 0.6 is 11.3 Å². The molecule has 10 nitrogen and oxygen atoms in total. The van der Waals surface area contributed by atoms with Crippen molar-refractivity contribution >= 4 is 39.9 Å². The average molecular weight is 402 g/mol. The summed E-state index contributed by atoms with van der Waals surface area (Å²) in [5.41, 5.74) is 1.33. The summed E-state index contributed by atoms with van der Waals surface area (Å²) in [6.07, 6.45) is 1.57.